The predicted molar refractivity (Wildman–Crippen MR) is 122 cm³/mol. The van der Waals surface area contributed by atoms with Gasteiger partial charge in [0.2, 0.25) is 5.96 Å². The summed E-state index contributed by atoms with van der Waals surface area (Å²) in [5.41, 5.74) is 2.84. The van der Waals surface area contributed by atoms with Crippen LogP contribution in [-0.4, -0.2) is 45.2 Å². The first kappa shape index (κ1) is 22.3. The molecule has 0 saturated heterocycles. The van der Waals surface area contributed by atoms with Crippen LogP contribution in [0.1, 0.15) is 30.9 Å². The van der Waals surface area contributed by atoms with Gasteiger partial charge < -0.3 is 5.32 Å². The molecule has 1 unspecified atom stereocenters. The second kappa shape index (κ2) is 9.59. The number of rotatable bonds is 6. The van der Waals surface area contributed by atoms with Gasteiger partial charge in [0.05, 0.1) is 12.3 Å². The highest BCUT2D eigenvalue weighted by Gasteiger charge is 2.32. The Hall–Kier alpha value is -2.42. The number of benzene rings is 2. The zero-order chi connectivity index (χ0) is 21.7. The summed E-state index contributed by atoms with van der Waals surface area (Å²) in [7, 11) is -2.22. The van der Waals surface area contributed by atoms with E-state index < -0.39 is 10.2 Å². The lowest BCUT2D eigenvalue weighted by molar-refractivity contribution is 0.460. The molecule has 1 aliphatic rings. The lowest BCUT2D eigenvalue weighted by atomic mass is 9.91. The van der Waals surface area contributed by atoms with E-state index in [-0.39, 0.29) is 17.8 Å². The van der Waals surface area contributed by atoms with Gasteiger partial charge in [-0.25, -0.2) is 5.01 Å². The van der Waals surface area contributed by atoms with E-state index >= 15 is 0 Å². The molecule has 1 heterocycles. The van der Waals surface area contributed by atoms with E-state index in [2.05, 4.69) is 14.4 Å². The first-order valence-electron chi connectivity index (χ1n) is 9.73. The quantitative estimate of drug-likeness (QED) is 0.526. The van der Waals surface area contributed by atoms with Crippen LogP contribution in [0, 0.1) is 5.92 Å². The normalized spacial score (nSPS) is 17.4. The molecule has 9 heteroatoms. The van der Waals surface area contributed by atoms with Crippen LogP contribution in [0.3, 0.4) is 0 Å². The average molecular weight is 448 g/mol. The highest BCUT2D eigenvalue weighted by molar-refractivity contribution is 7.88. The molecular weight excluding hydrogens is 422 g/mol. The minimum absolute atomic E-state index is 0.0442. The van der Waals surface area contributed by atoms with E-state index in [1.165, 1.54) is 0 Å². The molecule has 7 nitrogen and oxygen atoms in total. The Morgan fingerprint density at radius 1 is 1.20 bits per heavy atom. The second-order valence-corrected chi connectivity index (χ2v) is 9.28. The van der Waals surface area contributed by atoms with Gasteiger partial charge in [-0.15, -0.1) is 4.40 Å². The monoisotopic (exact) mass is 447 g/mol. The predicted octanol–water partition coefficient (Wildman–Crippen LogP) is 3.21. The van der Waals surface area contributed by atoms with Crippen molar-refractivity contribution in [3.05, 3.63) is 70.7 Å². The third-order valence-corrected chi connectivity index (χ3v) is 5.80. The van der Waals surface area contributed by atoms with E-state index in [0.717, 1.165) is 16.8 Å². The van der Waals surface area contributed by atoms with Gasteiger partial charge in [0, 0.05) is 24.5 Å². The second-order valence-electron chi connectivity index (χ2n) is 7.42. The van der Waals surface area contributed by atoms with Gasteiger partial charge in [-0.05, 0) is 29.2 Å². The number of nitrogens with one attached hydrogen (secondary N) is 2. The van der Waals surface area contributed by atoms with Crippen molar-refractivity contribution < 1.29 is 8.42 Å². The van der Waals surface area contributed by atoms with Crippen LogP contribution in [-0.2, 0) is 10.2 Å². The Bertz CT molecular complexity index is 1020. The topological polar surface area (TPSA) is 86.2 Å². The molecule has 0 fully saturated rings. The number of hydrazone groups is 1. The molecule has 160 valence electrons. The van der Waals surface area contributed by atoms with Crippen LogP contribution in [0.15, 0.2) is 64.1 Å². The van der Waals surface area contributed by atoms with Crippen LogP contribution in [0.25, 0.3) is 0 Å². The fourth-order valence-corrected chi connectivity index (χ4v) is 4.25. The molecule has 1 atom stereocenters. The molecule has 0 aromatic heterocycles. The molecule has 2 aromatic carbocycles. The molecule has 2 N–H and O–H groups in total. The molecule has 0 amide bonds. The minimum Gasteiger partial charge on any atom is -0.357 e. The Balaban J connectivity index is 1.96. The highest BCUT2D eigenvalue weighted by Crippen LogP contribution is 2.29. The van der Waals surface area contributed by atoms with Crippen LogP contribution < -0.4 is 10.0 Å². The van der Waals surface area contributed by atoms with Crippen molar-refractivity contribution in [1.82, 2.24) is 15.0 Å². The summed E-state index contributed by atoms with van der Waals surface area (Å²) in [5.74, 6) is 0.296. The molecule has 0 radical (unpaired) electrons. The van der Waals surface area contributed by atoms with Gasteiger partial charge >= 0.3 is 10.2 Å². The van der Waals surface area contributed by atoms with E-state index in [0.29, 0.717) is 18.1 Å². The lowest BCUT2D eigenvalue weighted by Crippen LogP contribution is -2.38. The van der Waals surface area contributed by atoms with Crippen molar-refractivity contribution in [2.45, 2.75) is 19.8 Å². The maximum absolute atomic E-state index is 12.4. The summed E-state index contributed by atoms with van der Waals surface area (Å²) < 4.78 is 31.2. The van der Waals surface area contributed by atoms with Crippen LogP contribution in [0.4, 0.5) is 0 Å². The molecule has 3 rings (SSSR count). The zero-order valence-electron chi connectivity index (χ0n) is 17.2. The highest BCUT2D eigenvalue weighted by atomic mass is 35.5. The zero-order valence-corrected chi connectivity index (χ0v) is 18.8. The maximum atomic E-state index is 12.4. The lowest BCUT2D eigenvalue weighted by Gasteiger charge is -2.18. The van der Waals surface area contributed by atoms with Gasteiger partial charge in [-0.2, -0.15) is 18.2 Å². The summed E-state index contributed by atoms with van der Waals surface area (Å²) in [6.45, 7) is 4.63. The Labute approximate surface area is 183 Å². The number of nitrogens with zero attached hydrogens (tertiary/aromatic N) is 3. The summed E-state index contributed by atoms with van der Waals surface area (Å²) in [5, 5.41) is 9.82. The van der Waals surface area contributed by atoms with E-state index in [1.807, 2.05) is 68.4 Å². The molecule has 30 heavy (non-hydrogen) atoms. The number of hydrogen-bond donors (Lipinski definition) is 2. The molecule has 0 spiro atoms. The summed E-state index contributed by atoms with van der Waals surface area (Å²) in [6, 6.07) is 17.5. The van der Waals surface area contributed by atoms with Gasteiger partial charge in [0.25, 0.3) is 0 Å². The number of guanidine groups is 1. The number of halogens is 1. The third-order valence-electron chi connectivity index (χ3n) is 4.60. The fourth-order valence-electron chi connectivity index (χ4n) is 3.10. The Morgan fingerprint density at radius 2 is 1.87 bits per heavy atom. The fraction of sp³-hybridized carbons (Fsp3) is 0.333. The molecule has 1 aliphatic heterocycles. The van der Waals surface area contributed by atoms with Crippen molar-refractivity contribution in [3.8, 4) is 0 Å². The number of hydrogen-bond acceptors (Lipinski definition) is 3. The SMILES string of the molecule is CN/C(=N\S(=O)(=O)NCC(C)C)N1CC(c2ccccc2)C(c2ccc(Cl)cc2)=N1. The third kappa shape index (κ3) is 5.59. The molecule has 0 saturated carbocycles. The minimum atomic E-state index is -3.85. The maximum Gasteiger partial charge on any atom is 0.323 e. The average Bonchev–Trinajstić information content (AvgIpc) is 3.17. The Morgan fingerprint density at radius 3 is 2.47 bits per heavy atom. The molecule has 0 aliphatic carbocycles. The van der Waals surface area contributed by atoms with Crippen molar-refractivity contribution in [3.63, 3.8) is 0 Å². The standard InChI is InChI=1S/C21H26ClN5O2S/c1-15(2)13-24-30(28,29)26-21(23-3)27-14-19(16-7-5-4-6-8-16)20(25-27)17-9-11-18(22)12-10-17/h4-12,15,19,24H,13-14H2,1-3H3,(H,23,26). The van der Waals surface area contributed by atoms with E-state index in [9.17, 15) is 8.42 Å². The molecule has 2 aromatic rings. The van der Waals surface area contributed by atoms with E-state index in [1.54, 1.807) is 12.1 Å². The molecular formula is C21H26ClN5O2S. The van der Waals surface area contributed by atoms with Crippen molar-refractivity contribution in [2.24, 2.45) is 15.4 Å². The van der Waals surface area contributed by atoms with Gasteiger partial charge in [0.15, 0.2) is 0 Å². The van der Waals surface area contributed by atoms with Crippen molar-refractivity contribution >= 4 is 33.5 Å². The van der Waals surface area contributed by atoms with Crippen molar-refractivity contribution in [1.29, 1.82) is 0 Å². The first-order valence-corrected chi connectivity index (χ1v) is 11.5. The molecule has 0 bridgehead atoms. The summed E-state index contributed by atoms with van der Waals surface area (Å²) in [4.78, 5) is 0. The van der Waals surface area contributed by atoms with Gasteiger partial charge in [-0.1, -0.05) is 67.9 Å². The van der Waals surface area contributed by atoms with Gasteiger partial charge in [0.1, 0.15) is 0 Å². The van der Waals surface area contributed by atoms with Crippen molar-refractivity contribution in [2.75, 3.05) is 20.1 Å². The smallest absolute Gasteiger partial charge is 0.323 e. The van der Waals surface area contributed by atoms with Crippen LogP contribution in [0.2, 0.25) is 5.02 Å². The first-order chi connectivity index (χ1) is 14.3. The summed E-state index contributed by atoms with van der Waals surface area (Å²) in [6.07, 6.45) is 0. The largest absolute Gasteiger partial charge is 0.357 e. The van der Waals surface area contributed by atoms with Gasteiger partial charge in [-0.3, -0.25) is 0 Å². The Kier molecular flexibility index (Phi) is 7.12. The summed E-state index contributed by atoms with van der Waals surface area (Å²) >= 11 is 6.04. The van der Waals surface area contributed by atoms with E-state index in [4.69, 9.17) is 16.7 Å². The van der Waals surface area contributed by atoms with Crippen LogP contribution >= 0.6 is 11.6 Å². The van der Waals surface area contributed by atoms with Crippen LogP contribution in [0.5, 0.6) is 0 Å².